The molecule has 4 nitrogen and oxygen atoms in total. The number of benzene rings is 1. The van der Waals surface area contributed by atoms with Crippen LogP contribution in [0.15, 0.2) is 36.5 Å². The Kier molecular flexibility index (Phi) is 4.15. The van der Waals surface area contributed by atoms with E-state index < -0.39 is 0 Å². The first-order chi connectivity index (χ1) is 11.7. The molecule has 1 aliphatic rings. The Morgan fingerprint density at radius 2 is 1.83 bits per heavy atom. The molecule has 1 saturated carbocycles. The molecule has 2 aromatic heterocycles. The fourth-order valence-electron chi connectivity index (χ4n) is 3.44. The Morgan fingerprint density at radius 3 is 2.67 bits per heavy atom. The summed E-state index contributed by atoms with van der Waals surface area (Å²) in [7, 11) is 0. The van der Waals surface area contributed by atoms with Gasteiger partial charge in [-0.15, -0.1) is 10.2 Å². The molecule has 0 N–H and O–H groups in total. The van der Waals surface area contributed by atoms with Crippen molar-refractivity contribution in [3.63, 3.8) is 0 Å². The zero-order valence-corrected chi connectivity index (χ0v) is 14.5. The van der Waals surface area contributed by atoms with Crippen LogP contribution in [0.25, 0.3) is 5.65 Å². The summed E-state index contributed by atoms with van der Waals surface area (Å²) >= 11 is 6.19. The van der Waals surface area contributed by atoms with E-state index in [-0.39, 0.29) is 0 Å². The van der Waals surface area contributed by atoms with Gasteiger partial charge in [-0.2, -0.15) is 0 Å². The Hall–Kier alpha value is -2.07. The number of aromatic nitrogens is 3. The average Bonchev–Trinajstić information content (AvgIpc) is 3.05. The molecule has 0 bridgehead atoms. The van der Waals surface area contributed by atoms with Gasteiger partial charge in [0.1, 0.15) is 11.6 Å². The zero-order chi connectivity index (χ0) is 16.5. The minimum absolute atomic E-state index is 0.497. The number of nitrogens with zero attached hydrogens (tertiary/aromatic N) is 3. The molecule has 4 rings (SSSR count). The maximum absolute atomic E-state index is 6.19. The number of pyridine rings is 1. The summed E-state index contributed by atoms with van der Waals surface area (Å²) in [6, 6.07) is 9.58. The molecule has 5 heteroatoms. The summed E-state index contributed by atoms with van der Waals surface area (Å²) in [5.74, 6) is 3.00. The predicted octanol–water partition coefficient (Wildman–Crippen LogP) is 5.53. The van der Waals surface area contributed by atoms with Crippen molar-refractivity contribution in [3.05, 3.63) is 52.9 Å². The summed E-state index contributed by atoms with van der Waals surface area (Å²) in [6.07, 6.45) is 8.29. The highest BCUT2D eigenvalue weighted by Crippen LogP contribution is 2.35. The van der Waals surface area contributed by atoms with Crippen molar-refractivity contribution in [1.29, 1.82) is 0 Å². The second-order valence-corrected chi connectivity index (χ2v) is 6.83. The van der Waals surface area contributed by atoms with Gasteiger partial charge in [-0.25, -0.2) is 0 Å². The van der Waals surface area contributed by atoms with Gasteiger partial charge in [0, 0.05) is 22.7 Å². The molecule has 0 spiro atoms. The van der Waals surface area contributed by atoms with Gasteiger partial charge in [0.2, 0.25) is 5.65 Å². The third kappa shape index (κ3) is 2.75. The molecule has 0 saturated heterocycles. The fourth-order valence-corrected chi connectivity index (χ4v) is 3.61. The second-order valence-electron chi connectivity index (χ2n) is 6.42. The van der Waals surface area contributed by atoms with E-state index in [1.165, 1.54) is 32.1 Å². The summed E-state index contributed by atoms with van der Waals surface area (Å²) in [4.78, 5) is 0. The van der Waals surface area contributed by atoms with Crippen LogP contribution >= 0.6 is 11.6 Å². The van der Waals surface area contributed by atoms with E-state index in [1.807, 2.05) is 43.5 Å². The van der Waals surface area contributed by atoms with Crippen LogP contribution in [-0.4, -0.2) is 14.6 Å². The summed E-state index contributed by atoms with van der Waals surface area (Å²) < 4.78 is 8.17. The van der Waals surface area contributed by atoms with Crippen molar-refractivity contribution >= 4 is 17.2 Å². The lowest BCUT2D eigenvalue weighted by Crippen LogP contribution is -2.08. The molecule has 1 aliphatic carbocycles. The molecule has 0 amide bonds. The van der Waals surface area contributed by atoms with Gasteiger partial charge in [-0.05, 0) is 44.0 Å². The average molecular weight is 342 g/mol. The van der Waals surface area contributed by atoms with Gasteiger partial charge in [0.25, 0.3) is 0 Å². The first kappa shape index (κ1) is 15.5. The Morgan fingerprint density at radius 1 is 1.04 bits per heavy atom. The molecule has 0 atom stereocenters. The predicted molar refractivity (Wildman–Crippen MR) is 95.1 cm³/mol. The minimum atomic E-state index is 0.497. The van der Waals surface area contributed by atoms with E-state index in [1.54, 1.807) is 0 Å². The standard InChI is InChI=1S/C19H20ClN3O/c1-13-15(20)9-5-10-16(13)24-17-11-6-12-23-18(21-22-19(17)23)14-7-3-2-4-8-14/h5-6,9-12,14H,2-4,7-8H2,1H3. The first-order valence-electron chi connectivity index (χ1n) is 8.50. The van der Waals surface area contributed by atoms with Crippen LogP contribution in [-0.2, 0) is 0 Å². The lowest BCUT2D eigenvalue weighted by Gasteiger charge is -2.19. The minimum Gasteiger partial charge on any atom is -0.453 e. The number of halogens is 1. The van der Waals surface area contributed by atoms with Crippen molar-refractivity contribution in [1.82, 2.24) is 14.6 Å². The van der Waals surface area contributed by atoms with Crippen LogP contribution in [0.1, 0.15) is 49.4 Å². The molecule has 1 aromatic carbocycles. The summed E-state index contributed by atoms with van der Waals surface area (Å²) in [5.41, 5.74) is 1.69. The zero-order valence-electron chi connectivity index (χ0n) is 13.7. The number of hydrogen-bond donors (Lipinski definition) is 0. The molecule has 1 fully saturated rings. The highest BCUT2D eigenvalue weighted by molar-refractivity contribution is 6.31. The van der Waals surface area contributed by atoms with E-state index >= 15 is 0 Å². The summed E-state index contributed by atoms with van der Waals surface area (Å²) in [5, 5.41) is 9.56. The monoisotopic (exact) mass is 341 g/mol. The van der Waals surface area contributed by atoms with Crippen LogP contribution in [0, 0.1) is 6.92 Å². The summed E-state index contributed by atoms with van der Waals surface area (Å²) in [6.45, 7) is 1.95. The number of hydrogen-bond acceptors (Lipinski definition) is 3. The van der Waals surface area contributed by atoms with Gasteiger partial charge >= 0.3 is 0 Å². The molecule has 3 aromatic rings. The number of rotatable bonds is 3. The topological polar surface area (TPSA) is 39.4 Å². The van der Waals surface area contributed by atoms with E-state index in [2.05, 4.69) is 14.6 Å². The SMILES string of the molecule is Cc1c(Cl)cccc1Oc1cccn2c(C3CCCCC3)nnc12. The van der Waals surface area contributed by atoms with Crippen LogP contribution < -0.4 is 4.74 Å². The Bertz CT molecular complexity index is 868. The third-order valence-electron chi connectivity index (χ3n) is 4.83. The van der Waals surface area contributed by atoms with Gasteiger partial charge in [-0.1, -0.05) is 36.9 Å². The molecule has 24 heavy (non-hydrogen) atoms. The maximum Gasteiger partial charge on any atom is 0.203 e. The van der Waals surface area contributed by atoms with E-state index in [9.17, 15) is 0 Å². The van der Waals surface area contributed by atoms with Crippen molar-refractivity contribution in [2.24, 2.45) is 0 Å². The molecule has 2 heterocycles. The van der Waals surface area contributed by atoms with Crippen molar-refractivity contribution in [2.75, 3.05) is 0 Å². The third-order valence-corrected chi connectivity index (χ3v) is 5.24. The normalized spacial score (nSPS) is 15.8. The molecule has 0 radical (unpaired) electrons. The first-order valence-corrected chi connectivity index (χ1v) is 8.88. The van der Waals surface area contributed by atoms with Crippen LogP contribution in [0.3, 0.4) is 0 Å². The second kappa shape index (κ2) is 6.44. The molecule has 0 aliphatic heterocycles. The molecular formula is C19H20ClN3O. The van der Waals surface area contributed by atoms with Crippen LogP contribution in [0.4, 0.5) is 0 Å². The van der Waals surface area contributed by atoms with Crippen molar-refractivity contribution in [3.8, 4) is 11.5 Å². The van der Waals surface area contributed by atoms with Crippen molar-refractivity contribution < 1.29 is 4.74 Å². The van der Waals surface area contributed by atoms with Gasteiger partial charge in [-0.3, -0.25) is 4.40 Å². The van der Waals surface area contributed by atoms with Gasteiger partial charge in [0.15, 0.2) is 5.75 Å². The molecule has 124 valence electrons. The lowest BCUT2D eigenvalue weighted by atomic mass is 9.89. The lowest BCUT2D eigenvalue weighted by molar-refractivity contribution is 0.426. The van der Waals surface area contributed by atoms with Crippen LogP contribution in [0.5, 0.6) is 11.5 Å². The molecule has 0 unspecified atom stereocenters. The highest BCUT2D eigenvalue weighted by atomic mass is 35.5. The highest BCUT2D eigenvalue weighted by Gasteiger charge is 2.22. The van der Waals surface area contributed by atoms with Crippen molar-refractivity contribution in [2.45, 2.75) is 44.9 Å². The van der Waals surface area contributed by atoms with E-state index in [0.29, 0.717) is 16.7 Å². The number of fused-ring (bicyclic) bond motifs is 1. The van der Waals surface area contributed by atoms with Gasteiger partial charge < -0.3 is 4.74 Å². The molecular weight excluding hydrogens is 322 g/mol. The smallest absolute Gasteiger partial charge is 0.203 e. The maximum atomic E-state index is 6.19. The van der Waals surface area contributed by atoms with E-state index in [4.69, 9.17) is 16.3 Å². The van der Waals surface area contributed by atoms with E-state index in [0.717, 1.165) is 22.8 Å². The Labute approximate surface area is 146 Å². The Balaban J connectivity index is 1.72. The quantitative estimate of drug-likeness (QED) is 0.628. The fraction of sp³-hybridized carbons (Fsp3) is 0.368. The van der Waals surface area contributed by atoms with Gasteiger partial charge in [0.05, 0.1) is 0 Å². The largest absolute Gasteiger partial charge is 0.453 e. The number of ether oxygens (including phenoxy) is 1. The van der Waals surface area contributed by atoms with Crippen LogP contribution in [0.2, 0.25) is 5.02 Å².